The topological polar surface area (TPSA) is 83.2 Å². The number of halogens is 1. The molecule has 31 heavy (non-hydrogen) atoms. The molecule has 158 valence electrons. The van der Waals surface area contributed by atoms with Crippen molar-refractivity contribution in [1.82, 2.24) is 20.1 Å². The van der Waals surface area contributed by atoms with Gasteiger partial charge >= 0.3 is 0 Å². The first-order chi connectivity index (χ1) is 15.1. The highest BCUT2D eigenvalue weighted by Gasteiger charge is 2.17. The Kier molecular flexibility index (Phi) is 6.39. The molecule has 7 nitrogen and oxygen atoms in total. The van der Waals surface area contributed by atoms with Crippen LogP contribution in [0.4, 0.5) is 0 Å². The van der Waals surface area contributed by atoms with E-state index < -0.39 is 0 Å². The van der Waals surface area contributed by atoms with E-state index in [0.717, 1.165) is 16.3 Å². The van der Waals surface area contributed by atoms with Crippen molar-refractivity contribution >= 4 is 23.4 Å². The van der Waals surface area contributed by atoms with Gasteiger partial charge in [-0.1, -0.05) is 46.7 Å². The van der Waals surface area contributed by atoms with Gasteiger partial charge in [0, 0.05) is 16.3 Å². The zero-order chi connectivity index (χ0) is 21.8. The van der Waals surface area contributed by atoms with E-state index in [1.165, 1.54) is 11.8 Å². The Bertz CT molecular complexity index is 1220. The van der Waals surface area contributed by atoms with Crippen LogP contribution in [0.5, 0.6) is 11.5 Å². The van der Waals surface area contributed by atoms with Crippen molar-refractivity contribution in [2.75, 3.05) is 14.2 Å². The highest BCUT2D eigenvalue weighted by atomic mass is 35.5. The van der Waals surface area contributed by atoms with Crippen molar-refractivity contribution in [2.45, 2.75) is 17.7 Å². The number of rotatable bonds is 7. The second kappa shape index (κ2) is 9.36. The average molecular weight is 455 g/mol. The summed E-state index contributed by atoms with van der Waals surface area (Å²) in [5.41, 5.74) is 2.42. The maximum atomic E-state index is 6.10. The summed E-state index contributed by atoms with van der Waals surface area (Å²) in [6, 6.07) is 14.9. The van der Waals surface area contributed by atoms with E-state index in [1.807, 2.05) is 55.5 Å². The molecule has 2 heterocycles. The zero-order valence-corrected chi connectivity index (χ0v) is 18.7. The van der Waals surface area contributed by atoms with Crippen LogP contribution in [-0.4, -0.2) is 34.3 Å². The number of benzene rings is 2. The molecule has 0 fully saturated rings. The number of nitrogens with zero attached hydrogens (tertiary/aromatic N) is 4. The SMILES string of the molecule is COc1cccc(-c2noc(CSc3cc(C)nc(-c4cccc(Cl)c4)n3)n2)c1OC. The minimum atomic E-state index is 0.435. The molecule has 0 spiro atoms. The molecule has 0 unspecified atom stereocenters. The molecule has 0 atom stereocenters. The number of para-hydroxylation sites is 1. The van der Waals surface area contributed by atoms with Crippen LogP contribution in [0.15, 0.2) is 58.1 Å². The van der Waals surface area contributed by atoms with Crippen molar-refractivity contribution in [3.8, 4) is 34.3 Å². The van der Waals surface area contributed by atoms with E-state index in [4.69, 9.17) is 25.6 Å². The molecular formula is C22H19ClN4O3S. The minimum Gasteiger partial charge on any atom is -0.493 e. The van der Waals surface area contributed by atoms with Crippen LogP contribution in [0.1, 0.15) is 11.6 Å². The maximum Gasteiger partial charge on any atom is 0.237 e. The first-order valence-corrected chi connectivity index (χ1v) is 10.7. The van der Waals surface area contributed by atoms with Crippen molar-refractivity contribution in [2.24, 2.45) is 0 Å². The van der Waals surface area contributed by atoms with Gasteiger partial charge in [0.15, 0.2) is 17.3 Å². The number of methoxy groups -OCH3 is 2. The Hall–Kier alpha value is -3.10. The Morgan fingerprint density at radius 1 is 0.968 bits per heavy atom. The van der Waals surface area contributed by atoms with Crippen LogP contribution in [0, 0.1) is 6.92 Å². The summed E-state index contributed by atoms with van der Waals surface area (Å²) in [6.07, 6.45) is 0. The molecule has 0 saturated carbocycles. The third kappa shape index (κ3) is 4.81. The molecule has 0 N–H and O–H groups in total. The average Bonchev–Trinajstić information content (AvgIpc) is 3.25. The largest absolute Gasteiger partial charge is 0.493 e. The third-order valence-corrected chi connectivity index (χ3v) is 5.50. The predicted octanol–water partition coefficient (Wildman–Crippen LogP) is 5.46. The minimum absolute atomic E-state index is 0.435. The predicted molar refractivity (Wildman–Crippen MR) is 120 cm³/mol. The quantitative estimate of drug-likeness (QED) is 0.268. The van der Waals surface area contributed by atoms with Crippen LogP contribution < -0.4 is 9.47 Å². The number of hydrogen-bond acceptors (Lipinski definition) is 8. The van der Waals surface area contributed by atoms with Crippen molar-refractivity contribution in [3.05, 3.63) is 65.1 Å². The van der Waals surface area contributed by atoms with Gasteiger partial charge in [-0.3, -0.25) is 0 Å². The Morgan fingerprint density at radius 3 is 2.58 bits per heavy atom. The van der Waals surface area contributed by atoms with Gasteiger partial charge in [0.1, 0.15) is 5.03 Å². The van der Waals surface area contributed by atoms with Crippen LogP contribution in [0.25, 0.3) is 22.8 Å². The molecule has 0 aliphatic rings. The maximum absolute atomic E-state index is 6.10. The molecule has 0 amide bonds. The summed E-state index contributed by atoms with van der Waals surface area (Å²) < 4.78 is 16.2. The standard InChI is InChI=1S/C22H19ClN4O3S/c1-13-10-19(26-21(24-13)14-6-4-7-15(23)11-14)31-12-18-25-22(27-30-18)16-8-5-9-17(28-2)20(16)29-3/h4-11H,12H2,1-3H3. The second-order valence-corrected chi connectivity index (χ2v) is 7.96. The van der Waals surface area contributed by atoms with Crippen LogP contribution in [0.3, 0.4) is 0 Å². The molecule has 4 aromatic rings. The fourth-order valence-electron chi connectivity index (χ4n) is 2.99. The number of thioether (sulfide) groups is 1. The van der Waals surface area contributed by atoms with Gasteiger partial charge in [0.05, 0.1) is 25.5 Å². The normalized spacial score (nSPS) is 10.8. The molecular weight excluding hydrogens is 436 g/mol. The monoisotopic (exact) mass is 454 g/mol. The summed E-state index contributed by atoms with van der Waals surface area (Å²) in [7, 11) is 3.16. The Balaban J connectivity index is 1.53. The van der Waals surface area contributed by atoms with Gasteiger partial charge in [-0.25, -0.2) is 9.97 Å². The van der Waals surface area contributed by atoms with E-state index in [2.05, 4.69) is 20.1 Å². The lowest BCUT2D eigenvalue weighted by molar-refractivity contribution is 0.355. The van der Waals surface area contributed by atoms with E-state index in [-0.39, 0.29) is 0 Å². The number of ether oxygens (including phenoxy) is 2. The zero-order valence-electron chi connectivity index (χ0n) is 17.1. The lowest BCUT2D eigenvalue weighted by Gasteiger charge is -2.09. The number of hydrogen-bond donors (Lipinski definition) is 0. The van der Waals surface area contributed by atoms with Crippen LogP contribution in [0.2, 0.25) is 5.02 Å². The molecule has 0 bridgehead atoms. The number of aromatic nitrogens is 4. The van der Waals surface area contributed by atoms with E-state index in [1.54, 1.807) is 14.2 Å². The highest BCUT2D eigenvalue weighted by molar-refractivity contribution is 7.98. The van der Waals surface area contributed by atoms with Gasteiger partial charge < -0.3 is 14.0 Å². The molecule has 4 rings (SSSR count). The van der Waals surface area contributed by atoms with Gasteiger partial charge in [-0.05, 0) is 37.3 Å². The molecule has 2 aromatic heterocycles. The molecule has 2 aromatic carbocycles. The Morgan fingerprint density at radius 2 is 1.81 bits per heavy atom. The number of aryl methyl sites for hydroxylation is 1. The summed E-state index contributed by atoms with van der Waals surface area (Å²) >= 11 is 7.59. The van der Waals surface area contributed by atoms with Gasteiger partial charge in [0.2, 0.25) is 11.7 Å². The fourth-order valence-corrected chi connectivity index (χ4v) is 3.98. The summed E-state index contributed by atoms with van der Waals surface area (Å²) in [5.74, 6) is 3.16. The smallest absolute Gasteiger partial charge is 0.237 e. The molecule has 0 saturated heterocycles. The molecule has 0 radical (unpaired) electrons. The Labute approximate surface area is 188 Å². The van der Waals surface area contributed by atoms with Crippen molar-refractivity contribution in [1.29, 1.82) is 0 Å². The van der Waals surface area contributed by atoms with Crippen molar-refractivity contribution in [3.63, 3.8) is 0 Å². The summed E-state index contributed by atoms with van der Waals surface area (Å²) in [4.78, 5) is 13.7. The lowest BCUT2D eigenvalue weighted by Crippen LogP contribution is -1.95. The van der Waals surface area contributed by atoms with Crippen LogP contribution in [-0.2, 0) is 5.75 Å². The highest BCUT2D eigenvalue weighted by Crippen LogP contribution is 2.36. The summed E-state index contributed by atoms with van der Waals surface area (Å²) in [6.45, 7) is 1.93. The molecule has 0 aliphatic heterocycles. The van der Waals surface area contributed by atoms with Crippen LogP contribution >= 0.6 is 23.4 Å². The fraction of sp³-hybridized carbons (Fsp3) is 0.182. The van der Waals surface area contributed by atoms with E-state index in [9.17, 15) is 0 Å². The van der Waals surface area contributed by atoms with Gasteiger partial charge in [0.25, 0.3) is 0 Å². The second-order valence-electron chi connectivity index (χ2n) is 6.52. The first kappa shape index (κ1) is 21.1. The van der Waals surface area contributed by atoms with E-state index in [0.29, 0.717) is 45.4 Å². The molecule has 0 aliphatic carbocycles. The van der Waals surface area contributed by atoms with E-state index >= 15 is 0 Å². The van der Waals surface area contributed by atoms with Gasteiger partial charge in [-0.15, -0.1) is 0 Å². The van der Waals surface area contributed by atoms with Gasteiger partial charge in [-0.2, -0.15) is 4.98 Å². The third-order valence-electron chi connectivity index (χ3n) is 4.37. The van der Waals surface area contributed by atoms with Crippen molar-refractivity contribution < 1.29 is 14.0 Å². The lowest BCUT2D eigenvalue weighted by atomic mass is 10.2. The summed E-state index contributed by atoms with van der Waals surface area (Å²) in [5, 5.41) is 5.54. The molecule has 9 heteroatoms. The first-order valence-electron chi connectivity index (χ1n) is 9.35.